The first-order valence-corrected chi connectivity index (χ1v) is 8.46. The average Bonchev–Trinajstić information content (AvgIpc) is 3.16. The van der Waals surface area contributed by atoms with Gasteiger partial charge in [-0.2, -0.15) is 0 Å². The minimum absolute atomic E-state index is 0.00624. The lowest BCUT2D eigenvalue weighted by atomic mass is 9.97. The first-order chi connectivity index (χ1) is 10.2. The summed E-state index contributed by atoms with van der Waals surface area (Å²) in [5.41, 5.74) is 0. The van der Waals surface area contributed by atoms with Gasteiger partial charge < -0.3 is 15.5 Å². The Morgan fingerprint density at radius 3 is 2.90 bits per heavy atom. The fourth-order valence-corrected chi connectivity index (χ4v) is 3.25. The van der Waals surface area contributed by atoms with Crippen LogP contribution in [0.5, 0.6) is 0 Å². The zero-order valence-corrected chi connectivity index (χ0v) is 12.8. The van der Waals surface area contributed by atoms with Crippen molar-refractivity contribution >= 4 is 23.3 Å². The summed E-state index contributed by atoms with van der Waals surface area (Å²) in [4.78, 5) is 27.2. The van der Waals surface area contributed by atoms with Gasteiger partial charge in [0.15, 0.2) is 0 Å². The second-order valence-electron chi connectivity index (χ2n) is 5.81. The second kappa shape index (κ2) is 6.47. The molecule has 21 heavy (non-hydrogen) atoms. The minimum Gasteiger partial charge on any atom is -0.351 e. The van der Waals surface area contributed by atoms with Gasteiger partial charge in [0.1, 0.15) is 0 Å². The van der Waals surface area contributed by atoms with Crippen LogP contribution in [0.25, 0.3) is 0 Å². The molecule has 114 valence electrons. The number of piperidine rings is 1. The largest absolute Gasteiger partial charge is 0.351 e. The van der Waals surface area contributed by atoms with Crippen molar-refractivity contribution in [2.45, 2.75) is 38.3 Å². The van der Waals surface area contributed by atoms with Gasteiger partial charge in [-0.05, 0) is 37.1 Å². The van der Waals surface area contributed by atoms with E-state index in [0.29, 0.717) is 19.1 Å². The van der Waals surface area contributed by atoms with Crippen LogP contribution in [0.3, 0.4) is 0 Å². The standard InChI is InChI=1S/C15H21N3O2S/c19-14(16-9-13-4-2-8-21-13)11-3-1-7-18(10-11)15(20)17-12-5-6-12/h2,4,8,11-12H,1,3,5-7,9-10H2,(H,16,19)(H,17,20)/t11-/m1/s1. The Labute approximate surface area is 128 Å². The van der Waals surface area contributed by atoms with E-state index < -0.39 is 0 Å². The third-order valence-corrected chi connectivity index (χ3v) is 4.88. The van der Waals surface area contributed by atoms with Gasteiger partial charge in [-0.15, -0.1) is 11.3 Å². The molecule has 0 unspecified atom stereocenters. The highest BCUT2D eigenvalue weighted by Gasteiger charge is 2.31. The number of amides is 3. The molecular weight excluding hydrogens is 286 g/mol. The van der Waals surface area contributed by atoms with E-state index in [1.165, 1.54) is 0 Å². The quantitative estimate of drug-likeness (QED) is 0.893. The molecule has 3 rings (SSSR count). The molecule has 3 amide bonds. The normalized spacial score (nSPS) is 21.9. The van der Waals surface area contributed by atoms with Crippen LogP contribution < -0.4 is 10.6 Å². The van der Waals surface area contributed by atoms with Crippen LogP contribution in [-0.4, -0.2) is 36.0 Å². The van der Waals surface area contributed by atoms with E-state index in [1.54, 1.807) is 16.2 Å². The number of likely N-dealkylation sites (tertiary alicyclic amines) is 1. The number of hydrogen-bond acceptors (Lipinski definition) is 3. The number of urea groups is 1. The fourth-order valence-electron chi connectivity index (χ4n) is 2.60. The maximum absolute atomic E-state index is 12.2. The predicted molar refractivity (Wildman–Crippen MR) is 82.0 cm³/mol. The topological polar surface area (TPSA) is 61.4 Å². The van der Waals surface area contributed by atoms with Crippen LogP contribution in [0.1, 0.15) is 30.6 Å². The van der Waals surface area contributed by atoms with Crippen molar-refractivity contribution in [1.29, 1.82) is 0 Å². The summed E-state index contributed by atoms with van der Waals surface area (Å²) < 4.78 is 0. The van der Waals surface area contributed by atoms with Crippen molar-refractivity contribution in [2.24, 2.45) is 5.92 Å². The molecule has 6 heteroatoms. The average molecular weight is 307 g/mol. The van der Waals surface area contributed by atoms with Crippen molar-refractivity contribution < 1.29 is 9.59 Å². The minimum atomic E-state index is -0.0799. The van der Waals surface area contributed by atoms with E-state index in [-0.39, 0.29) is 17.9 Å². The lowest BCUT2D eigenvalue weighted by Crippen LogP contribution is -2.49. The molecule has 1 aromatic heterocycles. The molecule has 1 aliphatic heterocycles. The summed E-state index contributed by atoms with van der Waals surface area (Å²) in [5, 5.41) is 7.98. The van der Waals surface area contributed by atoms with Crippen LogP contribution >= 0.6 is 11.3 Å². The van der Waals surface area contributed by atoms with E-state index in [9.17, 15) is 9.59 Å². The summed E-state index contributed by atoms with van der Waals surface area (Å²) in [5.74, 6) is -0.0176. The summed E-state index contributed by atoms with van der Waals surface area (Å²) >= 11 is 1.64. The van der Waals surface area contributed by atoms with E-state index in [2.05, 4.69) is 10.6 Å². The first kappa shape index (κ1) is 14.4. The van der Waals surface area contributed by atoms with Crippen molar-refractivity contribution in [1.82, 2.24) is 15.5 Å². The zero-order valence-electron chi connectivity index (χ0n) is 12.0. The number of hydrogen-bond donors (Lipinski definition) is 2. The van der Waals surface area contributed by atoms with Gasteiger partial charge in [-0.25, -0.2) is 4.79 Å². The first-order valence-electron chi connectivity index (χ1n) is 7.58. The monoisotopic (exact) mass is 307 g/mol. The molecule has 0 bridgehead atoms. The van der Waals surface area contributed by atoms with Crippen LogP contribution in [0, 0.1) is 5.92 Å². The number of nitrogens with zero attached hydrogens (tertiary/aromatic N) is 1. The maximum atomic E-state index is 12.2. The Morgan fingerprint density at radius 2 is 2.19 bits per heavy atom. The van der Waals surface area contributed by atoms with Crippen molar-refractivity contribution in [3.63, 3.8) is 0 Å². The number of thiophene rings is 1. The molecule has 2 fully saturated rings. The molecule has 1 aliphatic carbocycles. The Kier molecular flexibility index (Phi) is 4.43. The Hall–Kier alpha value is -1.56. The predicted octanol–water partition coefficient (Wildman–Crippen LogP) is 1.95. The number of carbonyl (C=O) groups excluding carboxylic acids is 2. The second-order valence-corrected chi connectivity index (χ2v) is 6.84. The van der Waals surface area contributed by atoms with E-state index in [0.717, 1.165) is 37.1 Å². The Balaban J connectivity index is 1.47. The van der Waals surface area contributed by atoms with E-state index in [4.69, 9.17) is 0 Å². The zero-order chi connectivity index (χ0) is 14.7. The molecule has 0 aromatic carbocycles. The van der Waals surface area contributed by atoms with Gasteiger partial charge in [-0.3, -0.25) is 4.79 Å². The van der Waals surface area contributed by atoms with Crippen molar-refractivity contribution in [3.05, 3.63) is 22.4 Å². The fraction of sp³-hybridized carbons (Fsp3) is 0.600. The van der Waals surface area contributed by atoms with Gasteiger partial charge in [0, 0.05) is 24.0 Å². The Bertz CT molecular complexity index is 499. The van der Waals surface area contributed by atoms with Crippen LogP contribution in [0.4, 0.5) is 4.79 Å². The highest BCUT2D eigenvalue weighted by atomic mass is 32.1. The third-order valence-electron chi connectivity index (χ3n) is 4.00. The molecule has 0 spiro atoms. The smallest absolute Gasteiger partial charge is 0.317 e. The molecule has 2 aliphatic rings. The molecule has 1 saturated carbocycles. The van der Waals surface area contributed by atoms with Gasteiger partial charge in [-0.1, -0.05) is 6.07 Å². The van der Waals surface area contributed by atoms with Gasteiger partial charge in [0.05, 0.1) is 12.5 Å². The molecule has 1 atom stereocenters. The van der Waals surface area contributed by atoms with Gasteiger partial charge in [0.2, 0.25) is 5.91 Å². The maximum Gasteiger partial charge on any atom is 0.317 e. The van der Waals surface area contributed by atoms with Crippen LogP contribution in [0.15, 0.2) is 17.5 Å². The molecule has 2 N–H and O–H groups in total. The molecule has 2 heterocycles. The highest BCUT2D eigenvalue weighted by Crippen LogP contribution is 2.21. The van der Waals surface area contributed by atoms with Crippen molar-refractivity contribution in [3.8, 4) is 0 Å². The van der Waals surface area contributed by atoms with E-state index >= 15 is 0 Å². The lowest BCUT2D eigenvalue weighted by molar-refractivity contribution is -0.126. The summed E-state index contributed by atoms with van der Waals surface area (Å²) in [6.45, 7) is 1.88. The molecule has 0 radical (unpaired) electrons. The van der Waals surface area contributed by atoms with Gasteiger partial charge >= 0.3 is 6.03 Å². The van der Waals surface area contributed by atoms with Gasteiger partial charge in [0.25, 0.3) is 0 Å². The van der Waals surface area contributed by atoms with Crippen molar-refractivity contribution in [2.75, 3.05) is 13.1 Å². The summed E-state index contributed by atoms with van der Waals surface area (Å²) in [6.07, 6.45) is 3.94. The SMILES string of the molecule is O=C(NCc1cccs1)[C@@H]1CCCN(C(=O)NC2CC2)C1. The van der Waals surface area contributed by atoms with E-state index in [1.807, 2.05) is 17.5 Å². The molecule has 5 nitrogen and oxygen atoms in total. The summed E-state index contributed by atoms with van der Waals surface area (Å²) in [6, 6.07) is 4.36. The Morgan fingerprint density at radius 1 is 1.33 bits per heavy atom. The molecule has 1 saturated heterocycles. The number of rotatable bonds is 4. The molecule has 1 aromatic rings. The van der Waals surface area contributed by atoms with Crippen LogP contribution in [0.2, 0.25) is 0 Å². The molecular formula is C15H21N3O2S. The number of nitrogens with one attached hydrogen (secondary N) is 2. The third kappa shape index (κ3) is 3.97. The highest BCUT2D eigenvalue weighted by molar-refractivity contribution is 7.09. The number of carbonyl (C=O) groups is 2. The van der Waals surface area contributed by atoms with Crippen LogP contribution in [-0.2, 0) is 11.3 Å². The summed E-state index contributed by atoms with van der Waals surface area (Å²) in [7, 11) is 0. The lowest BCUT2D eigenvalue weighted by Gasteiger charge is -2.32.